The predicted octanol–water partition coefficient (Wildman–Crippen LogP) is 3.06. The number of ether oxygens (including phenoxy) is 1. The molecule has 6 heteroatoms. The highest BCUT2D eigenvalue weighted by molar-refractivity contribution is 14.0. The van der Waals surface area contributed by atoms with Gasteiger partial charge in [0.1, 0.15) is 5.75 Å². The van der Waals surface area contributed by atoms with Gasteiger partial charge in [0.05, 0.1) is 13.7 Å². The quantitative estimate of drug-likeness (QED) is 0.337. The molecular weight excluding hydrogens is 427 g/mol. The molecule has 144 valence electrons. The molecule has 1 aromatic rings. The Morgan fingerprint density at radius 3 is 2.60 bits per heavy atom. The fourth-order valence-corrected chi connectivity index (χ4v) is 2.26. The molecule has 0 fully saturated rings. The summed E-state index contributed by atoms with van der Waals surface area (Å²) in [6, 6.07) is 6.92. The Morgan fingerprint density at radius 2 is 2.00 bits per heavy atom. The van der Waals surface area contributed by atoms with E-state index in [-0.39, 0.29) is 24.0 Å². The molecule has 0 bridgehead atoms. The first-order chi connectivity index (χ1) is 11.5. The van der Waals surface area contributed by atoms with Crippen molar-refractivity contribution in [3.63, 3.8) is 0 Å². The maximum atomic E-state index is 5.39. The standard InChI is InChI=1S/C19H34N4O.HI/c1-7-20-19(22-12-13-23(5)15(2)3)21-11-10-17-9-8-16(4)18(14-17)24-6;/h8-9,14-15H,7,10-13H2,1-6H3,(H2,20,21,22);1H. The summed E-state index contributed by atoms with van der Waals surface area (Å²) in [4.78, 5) is 6.94. The van der Waals surface area contributed by atoms with Gasteiger partial charge in [-0.25, -0.2) is 0 Å². The highest BCUT2D eigenvalue weighted by atomic mass is 127. The molecule has 0 unspecified atom stereocenters. The van der Waals surface area contributed by atoms with Crippen LogP contribution < -0.4 is 15.4 Å². The first kappa shape index (κ1) is 24.0. The van der Waals surface area contributed by atoms with Crippen molar-refractivity contribution in [2.45, 2.75) is 40.2 Å². The number of methoxy groups -OCH3 is 1. The lowest BCUT2D eigenvalue weighted by molar-refractivity contribution is 0.282. The van der Waals surface area contributed by atoms with E-state index in [0.717, 1.165) is 44.3 Å². The summed E-state index contributed by atoms with van der Waals surface area (Å²) in [5, 5.41) is 6.70. The van der Waals surface area contributed by atoms with Crippen molar-refractivity contribution in [2.75, 3.05) is 40.3 Å². The lowest BCUT2D eigenvalue weighted by Gasteiger charge is -2.20. The van der Waals surface area contributed by atoms with Gasteiger partial charge in [0.2, 0.25) is 0 Å². The summed E-state index contributed by atoms with van der Waals surface area (Å²) < 4.78 is 5.39. The van der Waals surface area contributed by atoms with Gasteiger partial charge in [-0.15, -0.1) is 24.0 Å². The highest BCUT2D eigenvalue weighted by Gasteiger charge is 2.03. The lowest BCUT2D eigenvalue weighted by Crippen LogP contribution is -2.39. The van der Waals surface area contributed by atoms with E-state index in [2.05, 4.69) is 73.5 Å². The molecule has 0 aliphatic rings. The van der Waals surface area contributed by atoms with Crippen LogP contribution in [0, 0.1) is 6.92 Å². The van der Waals surface area contributed by atoms with E-state index in [1.165, 1.54) is 11.1 Å². The monoisotopic (exact) mass is 462 g/mol. The number of halogens is 1. The van der Waals surface area contributed by atoms with Crippen molar-refractivity contribution < 1.29 is 4.74 Å². The Bertz CT molecular complexity index is 520. The van der Waals surface area contributed by atoms with Crippen LogP contribution in [-0.2, 0) is 6.42 Å². The van der Waals surface area contributed by atoms with Gasteiger partial charge in [0.15, 0.2) is 5.96 Å². The number of aliphatic imine (C=N–C) groups is 1. The van der Waals surface area contributed by atoms with Gasteiger partial charge in [0, 0.05) is 25.7 Å². The van der Waals surface area contributed by atoms with E-state index in [1.807, 2.05) is 0 Å². The molecule has 1 rings (SSSR count). The number of aryl methyl sites for hydroxylation is 1. The van der Waals surface area contributed by atoms with Crippen LogP contribution in [0.4, 0.5) is 0 Å². The maximum absolute atomic E-state index is 5.39. The molecule has 0 aliphatic carbocycles. The maximum Gasteiger partial charge on any atom is 0.191 e. The summed E-state index contributed by atoms with van der Waals surface area (Å²) >= 11 is 0. The molecule has 0 spiro atoms. The van der Waals surface area contributed by atoms with Gasteiger partial charge in [-0.2, -0.15) is 0 Å². The van der Waals surface area contributed by atoms with Crippen LogP contribution >= 0.6 is 24.0 Å². The zero-order valence-electron chi connectivity index (χ0n) is 16.6. The molecule has 0 saturated carbocycles. The van der Waals surface area contributed by atoms with Crippen molar-refractivity contribution in [3.8, 4) is 5.75 Å². The minimum absolute atomic E-state index is 0. The van der Waals surface area contributed by atoms with Gasteiger partial charge in [-0.3, -0.25) is 4.99 Å². The van der Waals surface area contributed by atoms with Crippen molar-refractivity contribution in [3.05, 3.63) is 29.3 Å². The van der Waals surface area contributed by atoms with Crippen LogP contribution in [-0.4, -0.2) is 57.2 Å². The smallest absolute Gasteiger partial charge is 0.191 e. The number of hydrogen-bond donors (Lipinski definition) is 2. The summed E-state index contributed by atoms with van der Waals surface area (Å²) in [5.41, 5.74) is 2.43. The number of nitrogens with zero attached hydrogens (tertiary/aromatic N) is 2. The van der Waals surface area contributed by atoms with Crippen LogP contribution in [0.2, 0.25) is 0 Å². The first-order valence-electron chi connectivity index (χ1n) is 8.83. The molecule has 0 saturated heterocycles. The third kappa shape index (κ3) is 9.30. The summed E-state index contributed by atoms with van der Waals surface area (Å²) in [7, 11) is 3.85. The lowest BCUT2D eigenvalue weighted by atomic mass is 10.1. The molecule has 5 nitrogen and oxygen atoms in total. The van der Waals surface area contributed by atoms with E-state index >= 15 is 0 Å². The first-order valence-corrected chi connectivity index (χ1v) is 8.83. The number of rotatable bonds is 9. The van der Waals surface area contributed by atoms with Crippen molar-refractivity contribution in [2.24, 2.45) is 4.99 Å². The molecule has 25 heavy (non-hydrogen) atoms. The fourth-order valence-electron chi connectivity index (χ4n) is 2.26. The molecule has 0 aliphatic heterocycles. The van der Waals surface area contributed by atoms with Crippen LogP contribution in [0.25, 0.3) is 0 Å². The van der Waals surface area contributed by atoms with Crippen LogP contribution in [0.1, 0.15) is 31.9 Å². The van der Waals surface area contributed by atoms with E-state index in [9.17, 15) is 0 Å². The van der Waals surface area contributed by atoms with Gasteiger partial charge < -0.3 is 20.3 Å². The van der Waals surface area contributed by atoms with Gasteiger partial charge in [-0.05, 0) is 58.4 Å². The van der Waals surface area contributed by atoms with Crippen LogP contribution in [0.5, 0.6) is 5.75 Å². The van der Waals surface area contributed by atoms with Crippen LogP contribution in [0.3, 0.4) is 0 Å². The van der Waals surface area contributed by atoms with Gasteiger partial charge in [-0.1, -0.05) is 12.1 Å². The Morgan fingerprint density at radius 1 is 1.28 bits per heavy atom. The second kappa shape index (κ2) is 13.2. The summed E-state index contributed by atoms with van der Waals surface area (Å²) in [5.74, 6) is 1.83. The molecule has 0 heterocycles. The molecule has 0 atom stereocenters. The molecule has 2 N–H and O–H groups in total. The number of hydrogen-bond acceptors (Lipinski definition) is 3. The van der Waals surface area contributed by atoms with Crippen LogP contribution in [0.15, 0.2) is 23.2 Å². The second-order valence-corrected chi connectivity index (χ2v) is 6.32. The topological polar surface area (TPSA) is 48.9 Å². The molecule has 1 aromatic carbocycles. The van der Waals surface area contributed by atoms with Crippen molar-refractivity contribution in [1.82, 2.24) is 15.5 Å². The van der Waals surface area contributed by atoms with Crippen molar-refractivity contribution >= 4 is 29.9 Å². The largest absolute Gasteiger partial charge is 0.496 e. The van der Waals surface area contributed by atoms with E-state index in [4.69, 9.17) is 4.74 Å². The Balaban J connectivity index is 0.00000576. The minimum atomic E-state index is 0. The minimum Gasteiger partial charge on any atom is -0.496 e. The average Bonchev–Trinajstić information content (AvgIpc) is 2.56. The zero-order valence-corrected chi connectivity index (χ0v) is 18.9. The zero-order chi connectivity index (χ0) is 17.9. The third-order valence-corrected chi connectivity index (χ3v) is 4.13. The molecular formula is C19H35IN4O. The third-order valence-electron chi connectivity index (χ3n) is 4.13. The summed E-state index contributed by atoms with van der Waals surface area (Å²) in [6.07, 6.45) is 0.937. The van der Waals surface area contributed by atoms with Crippen molar-refractivity contribution in [1.29, 1.82) is 0 Å². The number of likely N-dealkylation sites (N-methyl/N-ethyl adjacent to an activating group) is 1. The fraction of sp³-hybridized carbons (Fsp3) is 0.632. The highest BCUT2D eigenvalue weighted by Crippen LogP contribution is 2.18. The average molecular weight is 462 g/mol. The Kier molecular flexibility index (Phi) is 12.7. The predicted molar refractivity (Wildman–Crippen MR) is 119 cm³/mol. The normalized spacial score (nSPS) is 11.4. The van der Waals surface area contributed by atoms with Gasteiger partial charge >= 0.3 is 0 Å². The molecule has 0 aromatic heterocycles. The Hall–Kier alpha value is -1.02. The number of guanidine groups is 1. The molecule has 0 amide bonds. The summed E-state index contributed by atoms with van der Waals surface area (Å²) in [6.45, 7) is 12.0. The van der Waals surface area contributed by atoms with Gasteiger partial charge in [0.25, 0.3) is 0 Å². The Labute approximate surface area is 170 Å². The number of benzene rings is 1. The molecule has 0 radical (unpaired) electrons. The van der Waals surface area contributed by atoms with E-state index in [0.29, 0.717) is 6.04 Å². The number of nitrogens with one attached hydrogen (secondary N) is 2. The second-order valence-electron chi connectivity index (χ2n) is 6.32. The van der Waals surface area contributed by atoms with E-state index < -0.39 is 0 Å². The SMILES string of the molecule is CCNC(=NCCN(C)C(C)C)NCCc1ccc(C)c(OC)c1.I. The van der Waals surface area contributed by atoms with E-state index in [1.54, 1.807) is 7.11 Å².